The van der Waals surface area contributed by atoms with Crippen LogP contribution in [0.15, 0.2) is 35.6 Å². The highest BCUT2D eigenvalue weighted by atomic mass is 16.5. The van der Waals surface area contributed by atoms with Gasteiger partial charge in [-0.3, -0.25) is 9.59 Å². The Morgan fingerprint density at radius 1 is 1.04 bits per heavy atom. The first-order chi connectivity index (χ1) is 11.2. The fourth-order valence-electron chi connectivity index (χ4n) is 4.30. The molecule has 0 spiro atoms. The van der Waals surface area contributed by atoms with Crippen LogP contribution in [-0.4, -0.2) is 22.8 Å². The monoisotopic (exact) mass is 312 g/mol. The maximum Gasteiger partial charge on any atom is 0.162 e. The highest BCUT2D eigenvalue weighted by Crippen LogP contribution is 2.49. The van der Waals surface area contributed by atoms with Crippen molar-refractivity contribution in [1.82, 2.24) is 0 Å². The SMILES string of the molecule is O=C1CCCC(O)=C1[C@H]1c2ccccc2O[C@H]2CCCC(=O)[C@@H]21. The second-order valence-corrected chi connectivity index (χ2v) is 6.69. The molecule has 1 aromatic carbocycles. The summed E-state index contributed by atoms with van der Waals surface area (Å²) in [6, 6.07) is 7.61. The maximum absolute atomic E-state index is 12.6. The van der Waals surface area contributed by atoms with Crippen LogP contribution in [0, 0.1) is 5.92 Å². The number of allylic oxidation sites excluding steroid dienone is 2. The zero-order valence-corrected chi connectivity index (χ0v) is 13.0. The van der Waals surface area contributed by atoms with E-state index in [0.29, 0.717) is 31.3 Å². The topological polar surface area (TPSA) is 63.6 Å². The predicted octanol–water partition coefficient (Wildman–Crippen LogP) is 3.47. The second-order valence-electron chi connectivity index (χ2n) is 6.69. The van der Waals surface area contributed by atoms with Crippen LogP contribution in [0.4, 0.5) is 0 Å². The Kier molecular flexibility index (Phi) is 3.47. The first kappa shape index (κ1) is 14.5. The number of ketones is 2. The molecule has 23 heavy (non-hydrogen) atoms. The minimum absolute atomic E-state index is 0.0208. The van der Waals surface area contributed by atoms with E-state index in [9.17, 15) is 14.7 Å². The molecule has 4 nitrogen and oxygen atoms in total. The molecule has 120 valence electrons. The number of aliphatic hydroxyl groups excluding tert-OH is 1. The number of hydrogen-bond donors (Lipinski definition) is 1. The first-order valence-corrected chi connectivity index (χ1v) is 8.40. The lowest BCUT2D eigenvalue weighted by Crippen LogP contribution is -2.45. The van der Waals surface area contributed by atoms with E-state index in [0.717, 1.165) is 24.2 Å². The summed E-state index contributed by atoms with van der Waals surface area (Å²) in [4.78, 5) is 25.1. The molecule has 0 aromatic heterocycles. The third-order valence-corrected chi connectivity index (χ3v) is 5.32. The normalized spacial score (nSPS) is 30.5. The zero-order chi connectivity index (χ0) is 16.0. The molecule has 1 aliphatic heterocycles. The Bertz CT molecular complexity index is 703. The van der Waals surface area contributed by atoms with E-state index in [1.807, 2.05) is 24.3 Å². The van der Waals surface area contributed by atoms with Crippen molar-refractivity contribution < 1.29 is 19.4 Å². The Balaban J connectivity index is 1.90. The minimum atomic E-state index is -0.356. The average molecular weight is 312 g/mol. The molecule has 1 N–H and O–H groups in total. The molecule has 3 aliphatic rings. The van der Waals surface area contributed by atoms with Crippen LogP contribution in [0.1, 0.15) is 50.0 Å². The number of ether oxygens (including phenoxy) is 1. The van der Waals surface area contributed by atoms with E-state index >= 15 is 0 Å². The van der Waals surface area contributed by atoms with Gasteiger partial charge >= 0.3 is 0 Å². The number of Topliss-reactive ketones (excluding diaryl/α,β-unsaturated/α-hetero) is 2. The summed E-state index contributed by atoms with van der Waals surface area (Å²) in [6.45, 7) is 0. The van der Waals surface area contributed by atoms with Gasteiger partial charge in [0.05, 0.1) is 11.7 Å². The molecule has 3 atom stereocenters. The minimum Gasteiger partial charge on any atom is -0.512 e. The van der Waals surface area contributed by atoms with Gasteiger partial charge in [0.25, 0.3) is 0 Å². The van der Waals surface area contributed by atoms with Crippen molar-refractivity contribution in [1.29, 1.82) is 0 Å². The van der Waals surface area contributed by atoms with Crippen molar-refractivity contribution >= 4 is 11.6 Å². The number of carbonyl (C=O) groups excluding carboxylic acids is 2. The standard InChI is InChI=1S/C19H20O4/c20-12-6-3-7-13(21)18(12)17-11-5-1-2-9-15(11)23-16-10-4-8-14(22)19(16)17/h1-2,5,9,16-17,19-20H,3-4,6-8,10H2/t16-,17+,19-/m0/s1. The molecule has 1 saturated carbocycles. The third-order valence-electron chi connectivity index (χ3n) is 5.32. The highest BCUT2D eigenvalue weighted by Gasteiger charge is 2.48. The summed E-state index contributed by atoms with van der Waals surface area (Å²) in [6.07, 6.45) is 3.65. The molecule has 0 radical (unpaired) electrons. The molecule has 0 unspecified atom stereocenters. The fourth-order valence-corrected chi connectivity index (χ4v) is 4.30. The van der Waals surface area contributed by atoms with Gasteiger partial charge < -0.3 is 9.84 Å². The van der Waals surface area contributed by atoms with Gasteiger partial charge in [0, 0.05) is 36.3 Å². The lowest BCUT2D eigenvalue weighted by molar-refractivity contribution is -0.130. The van der Waals surface area contributed by atoms with Gasteiger partial charge in [-0.05, 0) is 25.3 Å². The molecule has 2 aliphatic carbocycles. The van der Waals surface area contributed by atoms with Crippen molar-refractivity contribution in [2.24, 2.45) is 5.92 Å². The molecule has 1 heterocycles. The van der Waals surface area contributed by atoms with E-state index in [2.05, 4.69) is 0 Å². The highest BCUT2D eigenvalue weighted by molar-refractivity contribution is 6.00. The third kappa shape index (κ3) is 2.28. The molecular formula is C19H20O4. The number of aliphatic hydroxyl groups is 1. The van der Waals surface area contributed by atoms with Crippen molar-refractivity contribution in [2.75, 3.05) is 0 Å². The van der Waals surface area contributed by atoms with E-state index < -0.39 is 0 Å². The predicted molar refractivity (Wildman–Crippen MR) is 84.5 cm³/mol. The van der Waals surface area contributed by atoms with Crippen LogP contribution < -0.4 is 4.74 Å². The van der Waals surface area contributed by atoms with Crippen LogP contribution >= 0.6 is 0 Å². The summed E-state index contributed by atoms with van der Waals surface area (Å²) >= 11 is 0. The number of hydrogen-bond acceptors (Lipinski definition) is 4. The van der Waals surface area contributed by atoms with Crippen molar-refractivity contribution in [3.8, 4) is 5.75 Å². The smallest absolute Gasteiger partial charge is 0.162 e. The summed E-state index contributed by atoms with van der Waals surface area (Å²) in [7, 11) is 0. The Hall–Kier alpha value is -2.10. The summed E-state index contributed by atoms with van der Waals surface area (Å²) in [5, 5.41) is 10.4. The van der Waals surface area contributed by atoms with Crippen molar-refractivity contribution in [3.05, 3.63) is 41.2 Å². The van der Waals surface area contributed by atoms with Crippen molar-refractivity contribution in [3.63, 3.8) is 0 Å². The summed E-state index contributed by atoms with van der Waals surface area (Å²) in [5.74, 6) is 0.336. The number of para-hydroxylation sites is 1. The molecule has 0 saturated heterocycles. The van der Waals surface area contributed by atoms with E-state index in [-0.39, 0.29) is 35.3 Å². The fraction of sp³-hybridized carbons (Fsp3) is 0.474. The number of rotatable bonds is 1. The largest absolute Gasteiger partial charge is 0.512 e. The molecule has 0 bridgehead atoms. The molecule has 1 fully saturated rings. The van der Waals surface area contributed by atoms with Gasteiger partial charge in [-0.2, -0.15) is 0 Å². The van der Waals surface area contributed by atoms with Gasteiger partial charge in [0.15, 0.2) is 5.78 Å². The molecule has 1 aromatic rings. The summed E-state index contributed by atoms with van der Waals surface area (Å²) in [5.41, 5.74) is 1.32. The maximum atomic E-state index is 12.6. The summed E-state index contributed by atoms with van der Waals surface area (Å²) < 4.78 is 6.06. The van der Waals surface area contributed by atoms with Crippen LogP contribution in [0.5, 0.6) is 5.75 Å². The van der Waals surface area contributed by atoms with Gasteiger partial charge in [-0.15, -0.1) is 0 Å². The van der Waals surface area contributed by atoms with Crippen LogP contribution in [0.2, 0.25) is 0 Å². The Morgan fingerprint density at radius 3 is 2.70 bits per heavy atom. The number of fused-ring (bicyclic) bond motifs is 2. The average Bonchev–Trinajstić information content (AvgIpc) is 2.54. The quantitative estimate of drug-likeness (QED) is 0.862. The van der Waals surface area contributed by atoms with E-state index in [1.54, 1.807) is 0 Å². The van der Waals surface area contributed by atoms with Gasteiger partial charge in [0.2, 0.25) is 0 Å². The molecule has 4 heteroatoms. The van der Waals surface area contributed by atoms with E-state index in [1.165, 1.54) is 0 Å². The van der Waals surface area contributed by atoms with Crippen molar-refractivity contribution in [2.45, 2.75) is 50.5 Å². The number of carbonyl (C=O) groups is 2. The second kappa shape index (κ2) is 5.52. The zero-order valence-electron chi connectivity index (χ0n) is 13.0. The Labute approximate surface area is 135 Å². The Morgan fingerprint density at radius 2 is 1.87 bits per heavy atom. The lowest BCUT2D eigenvalue weighted by Gasteiger charge is -2.42. The molecule has 0 amide bonds. The molecule has 4 rings (SSSR count). The number of benzene rings is 1. The van der Waals surface area contributed by atoms with Gasteiger partial charge in [0.1, 0.15) is 17.6 Å². The van der Waals surface area contributed by atoms with Crippen LogP contribution in [-0.2, 0) is 9.59 Å². The van der Waals surface area contributed by atoms with Gasteiger partial charge in [-0.25, -0.2) is 0 Å². The first-order valence-electron chi connectivity index (χ1n) is 8.40. The van der Waals surface area contributed by atoms with Gasteiger partial charge in [-0.1, -0.05) is 18.2 Å². The van der Waals surface area contributed by atoms with Crippen LogP contribution in [0.3, 0.4) is 0 Å². The lowest BCUT2D eigenvalue weighted by atomic mass is 9.67. The van der Waals surface area contributed by atoms with E-state index in [4.69, 9.17) is 4.74 Å². The molecular weight excluding hydrogens is 292 g/mol. The van der Waals surface area contributed by atoms with Crippen LogP contribution in [0.25, 0.3) is 0 Å².